The number of carbonyl (C=O) groups excluding carboxylic acids is 1. The first-order valence-electron chi connectivity index (χ1n) is 10.6. The van der Waals surface area contributed by atoms with Crippen LogP contribution in [0.15, 0.2) is 23.1 Å². The summed E-state index contributed by atoms with van der Waals surface area (Å²) < 4.78 is 27.5. The average molecular weight is 435 g/mol. The van der Waals surface area contributed by atoms with E-state index in [9.17, 15) is 14.0 Å². The second-order valence-corrected chi connectivity index (χ2v) is 14.5. The van der Waals surface area contributed by atoms with E-state index in [-0.39, 0.29) is 24.3 Å². The molecule has 3 rings (SSSR count). The highest BCUT2D eigenvalue weighted by atomic mass is 28.3. The Hall–Kier alpha value is -2.19. The Kier molecular flexibility index (Phi) is 6.97. The molecule has 0 saturated carbocycles. The number of ether oxygens (including phenoxy) is 2. The maximum absolute atomic E-state index is 14.9. The van der Waals surface area contributed by atoms with Gasteiger partial charge < -0.3 is 18.9 Å². The van der Waals surface area contributed by atoms with Crippen LogP contribution in [0, 0.1) is 5.82 Å². The molecule has 1 aliphatic rings. The van der Waals surface area contributed by atoms with Gasteiger partial charge in [-0.15, -0.1) is 0 Å². The fourth-order valence-electron chi connectivity index (χ4n) is 3.60. The zero-order valence-corrected chi connectivity index (χ0v) is 19.3. The quantitative estimate of drug-likeness (QED) is 0.353. The number of hydrogen-bond donors (Lipinski definition) is 0. The van der Waals surface area contributed by atoms with Crippen molar-refractivity contribution in [1.29, 1.82) is 0 Å². The van der Waals surface area contributed by atoms with Gasteiger partial charge >= 0.3 is 5.97 Å². The van der Waals surface area contributed by atoms with Crippen molar-refractivity contribution in [3.8, 4) is 0 Å². The number of fused-ring (bicyclic) bond motifs is 1. The van der Waals surface area contributed by atoms with E-state index in [0.717, 1.165) is 32.0 Å². The van der Waals surface area contributed by atoms with E-state index in [2.05, 4.69) is 19.6 Å². The lowest BCUT2D eigenvalue weighted by Crippen LogP contribution is -2.24. The molecule has 0 atom stereocenters. The van der Waals surface area contributed by atoms with Crippen LogP contribution < -0.4 is 10.3 Å². The summed E-state index contributed by atoms with van der Waals surface area (Å²) in [4.78, 5) is 27.2. The minimum atomic E-state index is -1.25. The summed E-state index contributed by atoms with van der Waals surface area (Å²) >= 11 is 0. The van der Waals surface area contributed by atoms with Gasteiger partial charge in [0.25, 0.3) is 0 Å². The van der Waals surface area contributed by atoms with E-state index in [0.29, 0.717) is 17.8 Å². The first-order valence-corrected chi connectivity index (χ1v) is 14.3. The smallest absolute Gasteiger partial charge is 0.343 e. The second kappa shape index (κ2) is 9.30. The topological polar surface area (TPSA) is 60.8 Å². The fourth-order valence-corrected chi connectivity index (χ4v) is 4.36. The van der Waals surface area contributed by atoms with Crippen molar-refractivity contribution in [2.75, 3.05) is 31.2 Å². The molecule has 1 aromatic carbocycles. The Bertz CT molecular complexity index is 978. The zero-order valence-electron chi connectivity index (χ0n) is 18.3. The normalized spacial score (nSPS) is 14.5. The van der Waals surface area contributed by atoms with Crippen LogP contribution in [0.4, 0.5) is 10.1 Å². The third-order valence-electron chi connectivity index (χ3n) is 5.32. The van der Waals surface area contributed by atoms with E-state index >= 15 is 0 Å². The highest BCUT2D eigenvalue weighted by Gasteiger charge is 2.22. The molecule has 1 aliphatic heterocycles. The molecule has 1 aromatic heterocycles. The van der Waals surface area contributed by atoms with Crippen molar-refractivity contribution >= 4 is 30.6 Å². The summed E-state index contributed by atoms with van der Waals surface area (Å²) in [5.74, 6) is -1.15. The summed E-state index contributed by atoms with van der Waals surface area (Å²) in [6.07, 6.45) is 3.51. The van der Waals surface area contributed by atoms with Gasteiger partial charge in [-0.25, -0.2) is 9.18 Å². The molecule has 30 heavy (non-hydrogen) atoms. The van der Waals surface area contributed by atoms with E-state index in [4.69, 9.17) is 9.47 Å². The maximum atomic E-state index is 14.9. The fraction of sp³-hybridized carbons (Fsp3) is 0.545. The lowest BCUT2D eigenvalue weighted by atomic mass is 10.1. The molecule has 0 N–H and O–H groups in total. The second-order valence-electron chi connectivity index (χ2n) is 8.93. The summed E-state index contributed by atoms with van der Waals surface area (Å²) in [6, 6.07) is 3.95. The molecule has 0 amide bonds. The third-order valence-corrected chi connectivity index (χ3v) is 7.02. The van der Waals surface area contributed by atoms with Gasteiger partial charge in [0.1, 0.15) is 18.1 Å². The van der Waals surface area contributed by atoms with Crippen LogP contribution in [0.2, 0.25) is 25.7 Å². The van der Waals surface area contributed by atoms with Gasteiger partial charge in [-0.3, -0.25) is 4.79 Å². The van der Waals surface area contributed by atoms with E-state index < -0.39 is 25.3 Å². The van der Waals surface area contributed by atoms with Gasteiger partial charge in [-0.2, -0.15) is 0 Å². The standard InChI is InChI=1S/C22H31FN2O4Si/c1-5-29-22(27)17-14-25(15-28-10-11-30(2,3)4)19-13-20(24-8-6-7-9-24)18(23)12-16(19)21(17)26/h12-14H,5-11,15H2,1-4H3. The maximum Gasteiger partial charge on any atom is 0.343 e. The highest BCUT2D eigenvalue weighted by molar-refractivity contribution is 6.76. The van der Waals surface area contributed by atoms with Gasteiger partial charge in [0, 0.05) is 39.4 Å². The predicted octanol–water partition coefficient (Wildman–Crippen LogP) is 4.23. The van der Waals surface area contributed by atoms with Crippen LogP contribution in [0.5, 0.6) is 0 Å². The van der Waals surface area contributed by atoms with Crippen LogP contribution in [0.3, 0.4) is 0 Å². The first-order chi connectivity index (χ1) is 14.2. The Morgan fingerprint density at radius 1 is 1.20 bits per heavy atom. The minimum Gasteiger partial charge on any atom is -0.462 e. The SMILES string of the molecule is CCOC(=O)c1cn(COCC[Si](C)(C)C)c2cc(N3CCCC3)c(F)cc2c1=O. The zero-order chi connectivity index (χ0) is 21.9. The number of aromatic nitrogens is 1. The molecular formula is C22H31FN2O4Si. The van der Waals surface area contributed by atoms with Gasteiger partial charge in [-0.05, 0) is 37.9 Å². The molecule has 0 spiro atoms. The van der Waals surface area contributed by atoms with E-state index in [1.165, 1.54) is 12.3 Å². The Labute approximate surface area is 177 Å². The number of carbonyl (C=O) groups is 1. The number of esters is 1. The van der Waals surface area contributed by atoms with Gasteiger partial charge in [0.05, 0.1) is 17.8 Å². The number of nitrogens with zero attached hydrogens (tertiary/aromatic N) is 2. The molecule has 8 heteroatoms. The minimum absolute atomic E-state index is 0.105. The highest BCUT2D eigenvalue weighted by Crippen LogP contribution is 2.28. The summed E-state index contributed by atoms with van der Waals surface area (Å²) in [7, 11) is -1.25. The van der Waals surface area contributed by atoms with Crippen LogP contribution in [0.1, 0.15) is 30.1 Å². The number of rotatable bonds is 8. The molecule has 2 aromatic rings. The number of halogens is 1. The predicted molar refractivity (Wildman–Crippen MR) is 120 cm³/mol. The monoisotopic (exact) mass is 434 g/mol. The van der Waals surface area contributed by atoms with Gasteiger partial charge in [-0.1, -0.05) is 19.6 Å². The van der Waals surface area contributed by atoms with E-state index in [1.54, 1.807) is 17.6 Å². The molecule has 6 nitrogen and oxygen atoms in total. The lowest BCUT2D eigenvalue weighted by Gasteiger charge is -2.21. The number of hydrogen-bond acceptors (Lipinski definition) is 5. The largest absolute Gasteiger partial charge is 0.462 e. The van der Waals surface area contributed by atoms with Crippen molar-refractivity contribution in [2.45, 2.75) is 52.2 Å². The molecule has 0 aliphatic carbocycles. The van der Waals surface area contributed by atoms with Crippen LogP contribution in [0.25, 0.3) is 10.9 Å². The van der Waals surface area contributed by atoms with Crippen LogP contribution in [-0.4, -0.2) is 44.9 Å². The molecule has 1 saturated heterocycles. The van der Waals surface area contributed by atoms with Crippen molar-refractivity contribution in [1.82, 2.24) is 4.57 Å². The number of anilines is 1. The van der Waals surface area contributed by atoms with Gasteiger partial charge in [0.2, 0.25) is 5.43 Å². The Morgan fingerprint density at radius 2 is 1.90 bits per heavy atom. The number of benzene rings is 1. The molecule has 0 unspecified atom stereocenters. The Balaban J connectivity index is 2.04. The lowest BCUT2D eigenvalue weighted by molar-refractivity contribution is 0.0521. The first kappa shape index (κ1) is 22.5. The summed E-state index contributed by atoms with van der Waals surface area (Å²) in [5, 5.41) is 0.162. The van der Waals surface area contributed by atoms with Crippen molar-refractivity contribution in [3.05, 3.63) is 39.9 Å². The molecule has 2 heterocycles. The molecule has 1 fully saturated rings. The van der Waals surface area contributed by atoms with Crippen LogP contribution in [-0.2, 0) is 16.2 Å². The van der Waals surface area contributed by atoms with Crippen molar-refractivity contribution in [3.63, 3.8) is 0 Å². The molecule has 0 bridgehead atoms. The van der Waals surface area contributed by atoms with Crippen LogP contribution >= 0.6 is 0 Å². The number of pyridine rings is 1. The van der Waals surface area contributed by atoms with Crippen molar-refractivity contribution < 1.29 is 18.7 Å². The average Bonchev–Trinajstić information content (AvgIpc) is 3.20. The van der Waals surface area contributed by atoms with Crippen molar-refractivity contribution in [2.24, 2.45) is 0 Å². The van der Waals surface area contributed by atoms with E-state index in [1.807, 2.05) is 4.90 Å². The molecule has 0 radical (unpaired) electrons. The summed E-state index contributed by atoms with van der Waals surface area (Å²) in [6.45, 7) is 11.0. The molecular weight excluding hydrogens is 403 g/mol. The van der Waals surface area contributed by atoms with Gasteiger partial charge in [0.15, 0.2) is 0 Å². The third kappa shape index (κ3) is 5.10. The Morgan fingerprint density at radius 3 is 2.53 bits per heavy atom. The molecule has 164 valence electrons. The summed E-state index contributed by atoms with van der Waals surface area (Å²) in [5.41, 5.74) is 0.420.